The van der Waals surface area contributed by atoms with Crippen molar-refractivity contribution in [1.82, 2.24) is 0 Å². The van der Waals surface area contributed by atoms with Gasteiger partial charge in [0.1, 0.15) is 18.5 Å². The Labute approximate surface area is 172 Å². The van der Waals surface area contributed by atoms with Gasteiger partial charge in [0.25, 0.3) is 0 Å². The minimum absolute atomic E-state index is 0.0798. The van der Waals surface area contributed by atoms with Crippen molar-refractivity contribution in [2.24, 2.45) is 0 Å². The van der Waals surface area contributed by atoms with E-state index in [0.29, 0.717) is 6.61 Å². The van der Waals surface area contributed by atoms with Crippen LogP contribution in [0.3, 0.4) is 0 Å². The summed E-state index contributed by atoms with van der Waals surface area (Å²) in [6.45, 7) is 0.536. The fourth-order valence-electron chi connectivity index (χ4n) is 3.70. The molecule has 0 saturated carbocycles. The van der Waals surface area contributed by atoms with Gasteiger partial charge in [-0.25, -0.2) is 0 Å². The molecule has 4 aromatic rings. The van der Waals surface area contributed by atoms with Gasteiger partial charge in [0.15, 0.2) is 0 Å². The maximum absolute atomic E-state index is 6.19. The van der Waals surface area contributed by atoms with E-state index in [1.165, 1.54) is 10.8 Å². The van der Waals surface area contributed by atoms with Crippen LogP contribution in [0.25, 0.3) is 10.8 Å². The molecule has 0 spiro atoms. The van der Waals surface area contributed by atoms with Gasteiger partial charge in [-0.05, 0) is 41.3 Å². The Hall–Kier alpha value is -2.98. The van der Waals surface area contributed by atoms with Gasteiger partial charge in [-0.1, -0.05) is 70.5 Å². The average Bonchev–Trinajstić information content (AvgIpc) is 2.74. The predicted octanol–water partition coefficient (Wildman–Crippen LogP) is 6.72. The smallest absolute Gasteiger partial charge is 0.127 e. The number of ether oxygens (including phenoxy) is 1. The van der Waals surface area contributed by atoms with E-state index in [2.05, 4.69) is 81.2 Å². The number of anilines is 2. The third-order valence-electron chi connectivity index (χ3n) is 5.02. The highest BCUT2D eigenvalue weighted by Crippen LogP contribution is 2.40. The molecule has 0 unspecified atom stereocenters. The van der Waals surface area contributed by atoms with Gasteiger partial charge in [0.2, 0.25) is 0 Å². The number of nitrogens with one attached hydrogen (secondary N) is 2. The van der Waals surface area contributed by atoms with Gasteiger partial charge in [-0.15, -0.1) is 0 Å². The zero-order chi connectivity index (χ0) is 18.9. The largest absolute Gasteiger partial charge is 0.488 e. The fraction of sp³-hybridized carbons (Fsp3) is 0.0833. The first kappa shape index (κ1) is 17.1. The summed E-state index contributed by atoms with van der Waals surface area (Å²) in [6, 6.07) is 29.1. The van der Waals surface area contributed by atoms with Crippen LogP contribution >= 0.6 is 15.9 Å². The molecule has 0 aliphatic carbocycles. The molecule has 4 aromatic carbocycles. The SMILES string of the molecule is Brc1ccc(OCc2ccccc2)c(C2Nc3cccc4cccc(c34)N2)c1. The monoisotopic (exact) mass is 430 g/mol. The number of hydrogen-bond donors (Lipinski definition) is 2. The van der Waals surface area contributed by atoms with E-state index in [4.69, 9.17) is 4.74 Å². The van der Waals surface area contributed by atoms with Crippen LogP contribution in [-0.2, 0) is 6.61 Å². The quantitative estimate of drug-likeness (QED) is 0.377. The maximum Gasteiger partial charge on any atom is 0.127 e. The van der Waals surface area contributed by atoms with Crippen molar-refractivity contribution in [3.63, 3.8) is 0 Å². The molecule has 0 atom stereocenters. The summed E-state index contributed by atoms with van der Waals surface area (Å²) >= 11 is 3.61. The standard InChI is InChI=1S/C24H19BrN2O/c25-18-12-13-22(28-15-16-6-2-1-3-7-16)19(14-18)24-26-20-10-4-8-17-9-5-11-21(27-24)23(17)20/h1-14,24,26-27H,15H2. The van der Waals surface area contributed by atoms with Crippen molar-refractivity contribution in [1.29, 1.82) is 0 Å². The molecule has 0 radical (unpaired) electrons. The summed E-state index contributed by atoms with van der Waals surface area (Å²) in [5, 5.41) is 9.71. The topological polar surface area (TPSA) is 33.3 Å². The van der Waals surface area contributed by atoms with Crippen molar-refractivity contribution in [2.75, 3.05) is 10.6 Å². The predicted molar refractivity (Wildman–Crippen MR) is 119 cm³/mol. The molecular formula is C24H19BrN2O. The maximum atomic E-state index is 6.19. The van der Waals surface area contributed by atoms with Crippen LogP contribution in [0.5, 0.6) is 5.75 Å². The second kappa shape index (κ2) is 7.21. The number of halogens is 1. The molecule has 3 nitrogen and oxygen atoms in total. The van der Waals surface area contributed by atoms with Crippen LogP contribution in [0.15, 0.2) is 89.4 Å². The minimum Gasteiger partial charge on any atom is -0.488 e. The summed E-state index contributed by atoms with van der Waals surface area (Å²) in [4.78, 5) is 0. The van der Waals surface area contributed by atoms with Crippen LogP contribution in [0.1, 0.15) is 17.3 Å². The van der Waals surface area contributed by atoms with Gasteiger partial charge in [0, 0.05) is 26.8 Å². The molecule has 2 N–H and O–H groups in total. The van der Waals surface area contributed by atoms with Crippen LogP contribution in [-0.4, -0.2) is 0 Å². The third kappa shape index (κ3) is 3.20. The van der Waals surface area contributed by atoms with E-state index in [1.54, 1.807) is 0 Å². The van der Waals surface area contributed by atoms with Gasteiger partial charge in [-0.2, -0.15) is 0 Å². The second-order valence-electron chi connectivity index (χ2n) is 6.89. The van der Waals surface area contributed by atoms with Crippen molar-refractivity contribution < 1.29 is 4.74 Å². The highest BCUT2D eigenvalue weighted by Gasteiger charge is 2.23. The normalized spacial score (nSPS) is 13.0. The number of hydrogen-bond acceptors (Lipinski definition) is 3. The molecule has 0 fully saturated rings. The lowest BCUT2D eigenvalue weighted by Crippen LogP contribution is -2.24. The van der Waals surface area contributed by atoms with Crippen molar-refractivity contribution in [3.05, 3.63) is 101 Å². The fourth-order valence-corrected chi connectivity index (χ4v) is 4.07. The Morgan fingerprint density at radius 1 is 0.786 bits per heavy atom. The molecule has 0 bridgehead atoms. The zero-order valence-corrected chi connectivity index (χ0v) is 16.7. The Balaban J connectivity index is 1.49. The molecule has 0 saturated heterocycles. The van der Waals surface area contributed by atoms with Gasteiger partial charge in [0.05, 0.1) is 0 Å². The second-order valence-corrected chi connectivity index (χ2v) is 7.80. The third-order valence-corrected chi connectivity index (χ3v) is 5.52. The zero-order valence-electron chi connectivity index (χ0n) is 15.2. The molecule has 0 aromatic heterocycles. The molecule has 0 amide bonds. The van der Waals surface area contributed by atoms with Crippen molar-refractivity contribution in [3.8, 4) is 5.75 Å². The molecule has 4 heteroatoms. The molecule has 1 aliphatic heterocycles. The lowest BCUT2D eigenvalue weighted by atomic mass is 10.0. The lowest BCUT2D eigenvalue weighted by Gasteiger charge is -2.31. The van der Waals surface area contributed by atoms with Crippen LogP contribution in [0, 0.1) is 0 Å². The van der Waals surface area contributed by atoms with Crippen LogP contribution in [0.2, 0.25) is 0 Å². The molecular weight excluding hydrogens is 412 g/mol. The first-order valence-corrected chi connectivity index (χ1v) is 10.1. The van der Waals surface area contributed by atoms with Crippen molar-refractivity contribution >= 4 is 38.1 Å². The Bertz CT molecular complexity index is 1100. The van der Waals surface area contributed by atoms with Gasteiger partial charge in [-0.3, -0.25) is 0 Å². The first-order chi connectivity index (χ1) is 13.8. The summed E-state index contributed by atoms with van der Waals surface area (Å²) in [6.07, 6.45) is -0.0798. The molecule has 1 heterocycles. The molecule has 1 aliphatic rings. The Morgan fingerprint density at radius 2 is 1.50 bits per heavy atom. The summed E-state index contributed by atoms with van der Waals surface area (Å²) in [7, 11) is 0. The van der Waals surface area contributed by atoms with Crippen molar-refractivity contribution in [2.45, 2.75) is 12.8 Å². The number of rotatable bonds is 4. The first-order valence-electron chi connectivity index (χ1n) is 9.29. The highest BCUT2D eigenvalue weighted by atomic mass is 79.9. The van der Waals surface area contributed by atoms with E-state index < -0.39 is 0 Å². The van der Waals surface area contributed by atoms with E-state index in [-0.39, 0.29) is 6.17 Å². The highest BCUT2D eigenvalue weighted by molar-refractivity contribution is 9.10. The van der Waals surface area contributed by atoms with E-state index >= 15 is 0 Å². The summed E-state index contributed by atoms with van der Waals surface area (Å²) in [5.74, 6) is 0.864. The van der Waals surface area contributed by atoms with Gasteiger partial charge < -0.3 is 15.4 Å². The Kier molecular flexibility index (Phi) is 4.41. The average molecular weight is 431 g/mol. The van der Waals surface area contributed by atoms with Gasteiger partial charge >= 0.3 is 0 Å². The van der Waals surface area contributed by atoms with E-state index in [1.807, 2.05) is 30.3 Å². The minimum atomic E-state index is -0.0798. The lowest BCUT2D eigenvalue weighted by molar-refractivity contribution is 0.302. The summed E-state index contributed by atoms with van der Waals surface area (Å²) < 4.78 is 7.22. The molecule has 5 rings (SSSR count). The molecule has 28 heavy (non-hydrogen) atoms. The van der Waals surface area contributed by atoms with Crippen LogP contribution < -0.4 is 15.4 Å². The van der Waals surface area contributed by atoms with Crippen LogP contribution in [0.4, 0.5) is 11.4 Å². The summed E-state index contributed by atoms with van der Waals surface area (Å²) in [5.41, 5.74) is 4.48. The number of benzene rings is 4. The Morgan fingerprint density at radius 3 is 2.21 bits per heavy atom. The van der Waals surface area contributed by atoms with E-state index in [0.717, 1.165) is 32.7 Å². The molecule has 138 valence electrons. The van der Waals surface area contributed by atoms with E-state index in [9.17, 15) is 0 Å².